The lowest BCUT2D eigenvalue weighted by Crippen LogP contribution is -2.45. The van der Waals surface area contributed by atoms with Gasteiger partial charge in [-0.3, -0.25) is 4.79 Å². The van der Waals surface area contributed by atoms with Gasteiger partial charge in [-0.15, -0.1) is 0 Å². The lowest BCUT2D eigenvalue weighted by atomic mass is 9.77. The van der Waals surface area contributed by atoms with E-state index < -0.39 is 11.6 Å². The molecule has 0 bridgehead atoms. The summed E-state index contributed by atoms with van der Waals surface area (Å²) in [6.07, 6.45) is 0. The van der Waals surface area contributed by atoms with E-state index in [4.69, 9.17) is 0 Å². The quantitative estimate of drug-likeness (QED) is 0.449. The Labute approximate surface area is 183 Å². The fraction of sp³-hybridized carbons (Fsp3) is 0.107. The van der Waals surface area contributed by atoms with Crippen LogP contribution in [0.2, 0.25) is 0 Å². The second kappa shape index (κ2) is 8.99. The number of carbonyl (C=O) groups excluding carboxylic acids is 1. The molecular weight excluding hydrogens is 382 g/mol. The van der Waals surface area contributed by atoms with Crippen LogP contribution in [0.3, 0.4) is 0 Å². The Kier molecular flexibility index (Phi) is 5.96. The van der Waals surface area contributed by atoms with Crippen molar-refractivity contribution in [3.63, 3.8) is 0 Å². The highest BCUT2D eigenvalue weighted by molar-refractivity contribution is 5.94. The summed E-state index contributed by atoms with van der Waals surface area (Å²) in [5.74, 6) is -0.237. The van der Waals surface area contributed by atoms with Crippen molar-refractivity contribution in [2.75, 3.05) is 0 Å². The average Bonchev–Trinajstić information content (AvgIpc) is 2.84. The van der Waals surface area contributed by atoms with Gasteiger partial charge in [-0.1, -0.05) is 109 Å². The standard InChI is InChI=1S/C28H25NO2/c1-21-17-19-23(20-18-21)27(30)29-26(22-11-5-2-6-12-22)28(31,24-13-7-3-8-14-24)25-15-9-4-10-16-25/h2-20,26,31H,1H3,(H,29,30)/t26-/m0/s1. The van der Waals surface area contributed by atoms with Crippen LogP contribution in [-0.2, 0) is 5.60 Å². The molecule has 0 saturated heterocycles. The average molecular weight is 408 g/mol. The fourth-order valence-electron chi connectivity index (χ4n) is 3.88. The van der Waals surface area contributed by atoms with Gasteiger partial charge >= 0.3 is 0 Å². The van der Waals surface area contributed by atoms with E-state index in [1.165, 1.54) is 0 Å². The van der Waals surface area contributed by atoms with E-state index in [2.05, 4.69) is 5.32 Å². The molecule has 0 aliphatic heterocycles. The number of nitrogens with one attached hydrogen (secondary N) is 1. The number of hydrogen-bond acceptors (Lipinski definition) is 2. The molecule has 0 aliphatic rings. The number of rotatable bonds is 6. The summed E-state index contributed by atoms with van der Waals surface area (Å²) in [7, 11) is 0. The summed E-state index contributed by atoms with van der Waals surface area (Å²) in [5.41, 5.74) is 2.40. The summed E-state index contributed by atoms with van der Waals surface area (Å²) in [4.78, 5) is 13.2. The molecule has 4 rings (SSSR count). The van der Waals surface area contributed by atoms with Gasteiger partial charge in [0.15, 0.2) is 0 Å². The number of carbonyl (C=O) groups is 1. The normalized spacial score (nSPS) is 12.2. The van der Waals surface area contributed by atoms with Crippen molar-refractivity contribution in [3.8, 4) is 0 Å². The van der Waals surface area contributed by atoms with Crippen molar-refractivity contribution in [1.29, 1.82) is 0 Å². The molecule has 0 unspecified atom stereocenters. The van der Waals surface area contributed by atoms with Gasteiger partial charge in [0, 0.05) is 5.56 Å². The highest BCUT2D eigenvalue weighted by atomic mass is 16.3. The molecule has 0 radical (unpaired) electrons. The maximum atomic E-state index is 13.2. The minimum Gasteiger partial charge on any atom is -0.378 e. The van der Waals surface area contributed by atoms with Crippen molar-refractivity contribution in [2.24, 2.45) is 0 Å². The van der Waals surface area contributed by atoms with Crippen LogP contribution < -0.4 is 5.32 Å². The van der Waals surface area contributed by atoms with Crippen LogP contribution in [0, 0.1) is 6.92 Å². The third kappa shape index (κ3) is 4.27. The lowest BCUT2D eigenvalue weighted by molar-refractivity contribution is 0.0338. The molecule has 2 N–H and O–H groups in total. The minimum absolute atomic E-state index is 0.237. The van der Waals surface area contributed by atoms with Crippen LogP contribution in [0.25, 0.3) is 0 Å². The van der Waals surface area contributed by atoms with Crippen molar-refractivity contribution in [2.45, 2.75) is 18.6 Å². The van der Waals surface area contributed by atoms with E-state index in [1.807, 2.05) is 110 Å². The Morgan fingerprint density at radius 2 is 1.16 bits per heavy atom. The van der Waals surface area contributed by atoms with Crippen LogP contribution in [0.1, 0.15) is 38.7 Å². The molecule has 0 spiro atoms. The van der Waals surface area contributed by atoms with Crippen LogP contribution in [0.4, 0.5) is 0 Å². The molecule has 4 aromatic rings. The number of aryl methyl sites for hydroxylation is 1. The van der Waals surface area contributed by atoms with Crippen molar-refractivity contribution in [3.05, 3.63) is 143 Å². The molecule has 3 nitrogen and oxygen atoms in total. The Balaban J connectivity index is 1.85. The summed E-state index contributed by atoms with van der Waals surface area (Å²) >= 11 is 0. The lowest BCUT2D eigenvalue weighted by Gasteiger charge is -2.38. The van der Waals surface area contributed by atoms with E-state index in [-0.39, 0.29) is 5.91 Å². The summed E-state index contributed by atoms with van der Waals surface area (Å²) in [6, 6.07) is 35.3. The van der Waals surface area contributed by atoms with E-state index >= 15 is 0 Å². The third-order valence-corrected chi connectivity index (χ3v) is 5.57. The van der Waals surface area contributed by atoms with Crippen molar-refractivity contribution >= 4 is 5.91 Å². The molecule has 0 fully saturated rings. The van der Waals surface area contributed by atoms with Gasteiger partial charge in [0.2, 0.25) is 0 Å². The molecule has 0 saturated carbocycles. The minimum atomic E-state index is -1.47. The van der Waals surface area contributed by atoms with Gasteiger partial charge < -0.3 is 10.4 Å². The van der Waals surface area contributed by atoms with Crippen LogP contribution >= 0.6 is 0 Å². The van der Waals surface area contributed by atoms with E-state index in [0.29, 0.717) is 16.7 Å². The summed E-state index contributed by atoms with van der Waals surface area (Å²) in [5, 5.41) is 15.4. The Morgan fingerprint density at radius 3 is 1.65 bits per heavy atom. The van der Waals surface area contributed by atoms with Crippen LogP contribution in [0.15, 0.2) is 115 Å². The predicted molar refractivity (Wildman–Crippen MR) is 124 cm³/mol. The smallest absolute Gasteiger partial charge is 0.251 e. The zero-order valence-corrected chi connectivity index (χ0v) is 17.4. The predicted octanol–water partition coefficient (Wildman–Crippen LogP) is 5.40. The van der Waals surface area contributed by atoms with Gasteiger partial charge in [-0.2, -0.15) is 0 Å². The third-order valence-electron chi connectivity index (χ3n) is 5.57. The van der Waals surface area contributed by atoms with Gasteiger partial charge in [0.25, 0.3) is 5.91 Å². The first-order valence-corrected chi connectivity index (χ1v) is 10.3. The maximum Gasteiger partial charge on any atom is 0.251 e. The summed E-state index contributed by atoms with van der Waals surface area (Å²) in [6.45, 7) is 1.98. The van der Waals surface area contributed by atoms with E-state index in [1.54, 1.807) is 12.1 Å². The second-order valence-corrected chi connectivity index (χ2v) is 7.68. The van der Waals surface area contributed by atoms with Gasteiger partial charge in [0.05, 0.1) is 6.04 Å². The second-order valence-electron chi connectivity index (χ2n) is 7.68. The molecule has 3 heteroatoms. The van der Waals surface area contributed by atoms with Crippen LogP contribution in [-0.4, -0.2) is 11.0 Å². The SMILES string of the molecule is Cc1ccc(C(=O)N[C@@H](c2ccccc2)C(O)(c2ccccc2)c2ccccc2)cc1. The molecular formula is C28H25NO2. The molecule has 0 heterocycles. The molecule has 154 valence electrons. The summed E-state index contributed by atoms with van der Waals surface area (Å²) < 4.78 is 0. The van der Waals surface area contributed by atoms with Crippen molar-refractivity contribution in [1.82, 2.24) is 5.32 Å². The van der Waals surface area contributed by atoms with E-state index in [0.717, 1.165) is 11.1 Å². The molecule has 4 aromatic carbocycles. The zero-order chi connectivity index (χ0) is 21.7. The topological polar surface area (TPSA) is 49.3 Å². The maximum absolute atomic E-state index is 13.2. The van der Waals surface area contributed by atoms with Gasteiger partial charge in [0.1, 0.15) is 5.60 Å². The van der Waals surface area contributed by atoms with Crippen LogP contribution in [0.5, 0.6) is 0 Å². The first-order chi connectivity index (χ1) is 15.1. The largest absolute Gasteiger partial charge is 0.378 e. The highest BCUT2D eigenvalue weighted by Gasteiger charge is 2.42. The fourth-order valence-corrected chi connectivity index (χ4v) is 3.88. The Morgan fingerprint density at radius 1 is 0.710 bits per heavy atom. The molecule has 1 amide bonds. The molecule has 1 atom stereocenters. The molecule has 31 heavy (non-hydrogen) atoms. The van der Waals surface area contributed by atoms with Gasteiger partial charge in [-0.25, -0.2) is 0 Å². The monoisotopic (exact) mass is 407 g/mol. The number of amides is 1. The van der Waals surface area contributed by atoms with Gasteiger partial charge in [-0.05, 0) is 35.7 Å². The van der Waals surface area contributed by atoms with Crippen molar-refractivity contribution < 1.29 is 9.90 Å². The zero-order valence-electron chi connectivity index (χ0n) is 17.4. The number of aliphatic hydroxyl groups is 1. The first-order valence-electron chi connectivity index (χ1n) is 10.3. The molecule has 0 aliphatic carbocycles. The Bertz CT molecular complexity index is 1080. The Hall–Kier alpha value is -3.69. The molecule has 0 aromatic heterocycles. The highest BCUT2D eigenvalue weighted by Crippen LogP contribution is 2.41. The number of benzene rings is 4. The number of hydrogen-bond donors (Lipinski definition) is 2. The first kappa shape index (κ1) is 20.6. The van der Waals surface area contributed by atoms with E-state index in [9.17, 15) is 9.90 Å².